The Balaban J connectivity index is 2.55. The van der Waals surface area contributed by atoms with E-state index in [1.165, 1.54) is 11.1 Å². The fourth-order valence-electron chi connectivity index (χ4n) is 2.25. The van der Waals surface area contributed by atoms with E-state index in [1.54, 1.807) is 0 Å². The summed E-state index contributed by atoms with van der Waals surface area (Å²) in [5.41, 5.74) is 11.3. The number of primary amides is 1. The highest BCUT2D eigenvalue weighted by atomic mass is 16.1. The van der Waals surface area contributed by atoms with Crippen molar-refractivity contribution in [2.75, 3.05) is 0 Å². The van der Waals surface area contributed by atoms with Gasteiger partial charge >= 0.3 is 0 Å². The Hall–Kier alpha value is -2.03. The van der Waals surface area contributed by atoms with Crippen LogP contribution in [0.25, 0.3) is 11.3 Å². The van der Waals surface area contributed by atoms with Crippen LogP contribution < -0.4 is 5.73 Å². The van der Waals surface area contributed by atoms with Gasteiger partial charge in [-0.1, -0.05) is 26.0 Å². The predicted molar refractivity (Wildman–Crippen MR) is 78.3 cm³/mol. The molecule has 0 radical (unpaired) electrons. The van der Waals surface area contributed by atoms with Crippen molar-refractivity contribution in [1.29, 1.82) is 0 Å². The third-order valence-electron chi connectivity index (χ3n) is 3.50. The minimum Gasteiger partial charge on any atom is -0.366 e. The number of rotatable bonds is 3. The monoisotopic (exact) mass is 256 g/mol. The summed E-state index contributed by atoms with van der Waals surface area (Å²) < 4.78 is 0. The molecule has 100 valence electrons. The average Bonchev–Trinajstić information content (AvgIpc) is 2.71. The number of aryl methyl sites for hydroxylation is 2. The van der Waals surface area contributed by atoms with Crippen molar-refractivity contribution in [3.05, 3.63) is 46.6 Å². The number of nitrogens with two attached hydrogens (primary N) is 1. The van der Waals surface area contributed by atoms with E-state index >= 15 is 0 Å². The lowest BCUT2D eigenvalue weighted by Crippen LogP contribution is -2.10. The van der Waals surface area contributed by atoms with Gasteiger partial charge in [0.05, 0.1) is 5.56 Å². The molecule has 0 saturated heterocycles. The molecular formula is C16H20N2O. The van der Waals surface area contributed by atoms with E-state index in [-0.39, 0.29) is 0 Å². The maximum atomic E-state index is 11.3. The van der Waals surface area contributed by atoms with Crippen LogP contribution in [0.4, 0.5) is 0 Å². The minimum atomic E-state index is -0.391. The summed E-state index contributed by atoms with van der Waals surface area (Å²) >= 11 is 0. The summed E-state index contributed by atoms with van der Waals surface area (Å²) in [4.78, 5) is 14.6. The van der Waals surface area contributed by atoms with Gasteiger partial charge in [-0.25, -0.2) is 0 Å². The number of carbonyl (C=O) groups is 1. The van der Waals surface area contributed by atoms with E-state index < -0.39 is 5.91 Å². The first kappa shape index (κ1) is 13.4. The molecule has 0 aliphatic heterocycles. The highest BCUT2D eigenvalue weighted by molar-refractivity contribution is 5.95. The topological polar surface area (TPSA) is 58.9 Å². The molecule has 0 bridgehead atoms. The quantitative estimate of drug-likeness (QED) is 0.867. The Morgan fingerprint density at radius 1 is 1.21 bits per heavy atom. The normalized spacial score (nSPS) is 11.0. The van der Waals surface area contributed by atoms with Crippen molar-refractivity contribution in [3.8, 4) is 11.3 Å². The Labute approximate surface area is 113 Å². The van der Waals surface area contributed by atoms with E-state index in [0.29, 0.717) is 11.5 Å². The molecule has 2 aromatic rings. The van der Waals surface area contributed by atoms with Gasteiger partial charge < -0.3 is 10.7 Å². The first-order valence-electron chi connectivity index (χ1n) is 6.50. The largest absolute Gasteiger partial charge is 0.366 e. The van der Waals surface area contributed by atoms with E-state index in [0.717, 1.165) is 17.0 Å². The summed E-state index contributed by atoms with van der Waals surface area (Å²) in [6, 6.07) is 8.28. The molecule has 19 heavy (non-hydrogen) atoms. The van der Waals surface area contributed by atoms with Gasteiger partial charge in [-0.2, -0.15) is 0 Å². The summed E-state index contributed by atoms with van der Waals surface area (Å²) in [7, 11) is 0. The first-order chi connectivity index (χ1) is 8.90. The number of hydrogen-bond donors (Lipinski definition) is 2. The molecule has 0 saturated carbocycles. The number of carbonyl (C=O) groups excluding carboxylic acids is 1. The Kier molecular flexibility index (Phi) is 3.47. The van der Waals surface area contributed by atoms with E-state index in [4.69, 9.17) is 5.73 Å². The lowest BCUT2D eigenvalue weighted by molar-refractivity contribution is 0.1000. The number of aromatic nitrogens is 1. The standard InChI is InChI=1S/C16H20N2O/c1-9(2)12-6-5-10(3)13(7-12)15-8-14(16(17)19)11(4)18-15/h5-9,18H,1-4H3,(H2,17,19). The number of aromatic amines is 1. The second-order valence-electron chi connectivity index (χ2n) is 5.31. The van der Waals surface area contributed by atoms with E-state index in [9.17, 15) is 4.79 Å². The minimum absolute atomic E-state index is 0.391. The maximum Gasteiger partial charge on any atom is 0.250 e. The number of nitrogens with one attached hydrogen (secondary N) is 1. The number of hydrogen-bond acceptors (Lipinski definition) is 1. The fourth-order valence-corrected chi connectivity index (χ4v) is 2.25. The zero-order valence-corrected chi connectivity index (χ0v) is 11.9. The van der Waals surface area contributed by atoms with Gasteiger partial charge in [-0.3, -0.25) is 4.79 Å². The lowest BCUT2D eigenvalue weighted by Gasteiger charge is -2.10. The van der Waals surface area contributed by atoms with Gasteiger partial charge in [0.15, 0.2) is 0 Å². The van der Waals surface area contributed by atoms with Crippen molar-refractivity contribution in [2.24, 2.45) is 5.73 Å². The molecule has 0 fully saturated rings. The molecule has 0 unspecified atom stereocenters. The van der Waals surface area contributed by atoms with Gasteiger partial charge in [-0.05, 0) is 43.0 Å². The summed E-state index contributed by atoms with van der Waals surface area (Å²) in [6.07, 6.45) is 0. The van der Waals surface area contributed by atoms with Gasteiger partial charge in [0.25, 0.3) is 5.91 Å². The fraction of sp³-hybridized carbons (Fsp3) is 0.312. The molecule has 0 aliphatic carbocycles. The van der Waals surface area contributed by atoms with Crippen LogP contribution in [0, 0.1) is 13.8 Å². The highest BCUT2D eigenvalue weighted by Crippen LogP contribution is 2.28. The SMILES string of the molecule is Cc1ccc(C(C)C)cc1-c1cc(C(N)=O)c(C)[nH]1. The van der Waals surface area contributed by atoms with Crippen molar-refractivity contribution >= 4 is 5.91 Å². The summed E-state index contributed by atoms with van der Waals surface area (Å²) in [5, 5.41) is 0. The van der Waals surface area contributed by atoms with Crippen LogP contribution in [-0.4, -0.2) is 10.9 Å². The van der Waals surface area contributed by atoms with Crippen molar-refractivity contribution in [3.63, 3.8) is 0 Å². The second-order valence-corrected chi connectivity index (χ2v) is 5.31. The number of benzene rings is 1. The van der Waals surface area contributed by atoms with Crippen LogP contribution in [0.2, 0.25) is 0 Å². The molecule has 3 N–H and O–H groups in total. The summed E-state index contributed by atoms with van der Waals surface area (Å²) in [5.74, 6) is 0.0867. The predicted octanol–water partition coefficient (Wildman–Crippen LogP) is 3.52. The number of amides is 1. The molecule has 2 rings (SSSR count). The van der Waals surface area contributed by atoms with Crippen LogP contribution >= 0.6 is 0 Å². The molecule has 0 atom stereocenters. The molecule has 0 aliphatic rings. The van der Waals surface area contributed by atoms with Crippen LogP contribution in [0.5, 0.6) is 0 Å². The van der Waals surface area contributed by atoms with E-state index in [1.807, 2.05) is 13.0 Å². The Morgan fingerprint density at radius 2 is 1.89 bits per heavy atom. The lowest BCUT2D eigenvalue weighted by atomic mass is 9.96. The van der Waals surface area contributed by atoms with E-state index in [2.05, 4.69) is 44.0 Å². The molecule has 1 heterocycles. The van der Waals surface area contributed by atoms with Crippen molar-refractivity contribution in [1.82, 2.24) is 4.98 Å². The van der Waals surface area contributed by atoms with Gasteiger partial charge in [0.1, 0.15) is 0 Å². The highest BCUT2D eigenvalue weighted by Gasteiger charge is 2.13. The molecular weight excluding hydrogens is 236 g/mol. The van der Waals surface area contributed by atoms with Crippen LogP contribution in [0.1, 0.15) is 46.9 Å². The Morgan fingerprint density at radius 3 is 2.42 bits per heavy atom. The zero-order valence-electron chi connectivity index (χ0n) is 11.9. The van der Waals surface area contributed by atoms with Crippen LogP contribution in [0.3, 0.4) is 0 Å². The molecule has 1 aromatic heterocycles. The molecule has 1 amide bonds. The Bertz CT molecular complexity index is 624. The molecule has 3 nitrogen and oxygen atoms in total. The van der Waals surface area contributed by atoms with Crippen LogP contribution in [0.15, 0.2) is 24.3 Å². The molecule has 3 heteroatoms. The van der Waals surface area contributed by atoms with Crippen LogP contribution in [-0.2, 0) is 0 Å². The third-order valence-corrected chi connectivity index (χ3v) is 3.50. The van der Waals surface area contributed by atoms with Crippen molar-refractivity contribution < 1.29 is 4.79 Å². The zero-order chi connectivity index (χ0) is 14.2. The summed E-state index contributed by atoms with van der Waals surface area (Å²) in [6.45, 7) is 8.28. The van der Waals surface area contributed by atoms with Crippen molar-refractivity contribution in [2.45, 2.75) is 33.6 Å². The second kappa shape index (κ2) is 4.92. The average molecular weight is 256 g/mol. The smallest absolute Gasteiger partial charge is 0.250 e. The third kappa shape index (κ3) is 2.55. The first-order valence-corrected chi connectivity index (χ1v) is 6.50. The molecule has 1 aromatic carbocycles. The number of H-pyrrole nitrogens is 1. The van der Waals surface area contributed by atoms with Gasteiger partial charge in [-0.15, -0.1) is 0 Å². The molecule has 0 spiro atoms. The van der Waals surface area contributed by atoms with Gasteiger partial charge in [0.2, 0.25) is 0 Å². The van der Waals surface area contributed by atoms with Gasteiger partial charge in [0, 0.05) is 17.0 Å². The maximum absolute atomic E-state index is 11.3.